The van der Waals surface area contributed by atoms with Crippen molar-refractivity contribution in [3.05, 3.63) is 0 Å². The molecule has 0 spiro atoms. The van der Waals surface area contributed by atoms with Gasteiger partial charge in [-0.1, -0.05) is 0 Å². The summed E-state index contributed by atoms with van der Waals surface area (Å²) in [4.78, 5) is 34.3. The average Bonchev–Trinajstić information content (AvgIpc) is 2.53. The van der Waals surface area contributed by atoms with Crippen molar-refractivity contribution in [3.63, 3.8) is 0 Å². The third kappa shape index (κ3) is 9.77. The summed E-state index contributed by atoms with van der Waals surface area (Å²) >= 11 is 0. The van der Waals surface area contributed by atoms with E-state index in [0.29, 0.717) is 45.5 Å². The number of amides is 1. The second-order valence-electron chi connectivity index (χ2n) is 7.46. The predicted molar refractivity (Wildman–Crippen MR) is 93.5 cm³/mol. The number of rotatable bonds is 4. The molecule has 11 heteroatoms. The Morgan fingerprint density at radius 3 is 1.93 bits per heavy atom. The number of hydrogen-bond acceptors (Lipinski definition) is 6. The normalized spacial score (nSPS) is 16.5. The number of esters is 1. The van der Waals surface area contributed by atoms with Crippen LogP contribution < -0.4 is 5.73 Å². The third-order valence-electron chi connectivity index (χ3n) is 3.98. The highest BCUT2D eigenvalue weighted by molar-refractivity contribution is 5.73. The number of carboxylic acid groups (broad SMARTS) is 1. The number of piperidine rings is 1. The second kappa shape index (κ2) is 10.5. The number of ether oxygens (including phenoxy) is 2. The Hall–Kier alpha value is -2.04. The fraction of sp³-hybridized carbons (Fsp3) is 0.824. The van der Waals surface area contributed by atoms with Crippen LogP contribution in [0.15, 0.2) is 0 Å². The SMILES string of the molecule is CCOC(=O)CC1(CN)CCN(C(=O)OC(C)(C)C)CC1.O=C(O)C(F)(F)F. The number of carbonyl (C=O) groups is 3. The van der Waals surface area contributed by atoms with Gasteiger partial charge in [0.1, 0.15) is 5.60 Å². The van der Waals surface area contributed by atoms with Gasteiger partial charge in [0.2, 0.25) is 0 Å². The first-order valence-electron chi connectivity index (χ1n) is 8.79. The Bertz CT molecular complexity index is 538. The standard InChI is InChI=1S/C15H28N2O4.C2HF3O2/c1-5-20-12(18)10-15(11-16)6-8-17(9-7-15)13(19)21-14(2,3)4;3-2(4,5)1(6)7/h5-11,16H2,1-4H3;(H,6,7). The fourth-order valence-electron chi connectivity index (χ4n) is 2.46. The van der Waals surface area contributed by atoms with E-state index >= 15 is 0 Å². The second-order valence-corrected chi connectivity index (χ2v) is 7.46. The number of aliphatic carboxylic acids is 1. The Kier molecular flexibility index (Phi) is 9.73. The maximum Gasteiger partial charge on any atom is 0.490 e. The molecule has 0 aromatic rings. The topological polar surface area (TPSA) is 119 Å². The van der Waals surface area contributed by atoms with E-state index in [9.17, 15) is 22.8 Å². The zero-order chi connectivity index (χ0) is 22.2. The zero-order valence-corrected chi connectivity index (χ0v) is 16.6. The summed E-state index contributed by atoms with van der Waals surface area (Å²) in [5.74, 6) is -2.97. The lowest BCUT2D eigenvalue weighted by Gasteiger charge is -2.40. The van der Waals surface area contributed by atoms with E-state index in [2.05, 4.69) is 0 Å². The van der Waals surface area contributed by atoms with Crippen molar-refractivity contribution in [1.82, 2.24) is 4.90 Å². The minimum absolute atomic E-state index is 0.214. The minimum atomic E-state index is -5.08. The van der Waals surface area contributed by atoms with Crippen molar-refractivity contribution in [1.29, 1.82) is 0 Å². The molecular weight excluding hydrogens is 385 g/mol. The Morgan fingerprint density at radius 2 is 1.61 bits per heavy atom. The number of alkyl halides is 3. The van der Waals surface area contributed by atoms with Crippen molar-refractivity contribution in [2.45, 2.75) is 58.7 Å². The average molecular weight is 414 g/mol. The molecule has 8 nitrogen and oxygen atoms in total. The zero-order valence-electron chi connectivity index (χ0n) is 16.6. The summed E-state index contributed by atoms with van der Waals surface area (Å²) < 4.78 is 42.1. The number of hydrogen-bond donors (Lipinski definition) is 2. The van der Waals surface area contributed by atoms with Crippen LogP contribution in [0.4, 0.5) is 18.0 Å². The highest BCUT2D eigenvalue weighted by Gasteiger charge is 2.39. The molecule has 1 rings (SSSR count). The maximum atomic E-state index is 12.0. The Morgan fingerprint density at radius 1 is 1.14 bits per heavy atom. The van der Waals surface area contributed by atoms with Crippen molar-refractivity contribution < 1.29 is 42.1 Å². The van der Waals surface area contributed by atoms with Crippen LogP contribution in [0.3, 0.4) is 0 Å². The highest BCUT2D eigenvalue weighted by atomic mass is 19.4. The van der Waals surface area contributed by atoms with Crippen molar-refractivity contribution in [3.8, 4) is 0 Å². The van der Waals surface area contributed by atoms with Gasteiger partial charge in [0, 0.05) is 13.1 Å². The summed E-state index contributed by atoms with van der Waals surface area (Å²) in [6.07, 6.45) is -3.67. The first-order valence-corrected chi connectivity index (χ1v) is 8.79. The van der Waals surface area contributed by atoms with Crippen LogP contribution in [-0.4, -0.2) is 66.1 Å². The molecule has 1 saturated heterocycles. The molecule has 3 N–H and O–H groups in total. The summed E-state index contributed by atoms with van der Waals surface area (Å²) in [7, 11) is 0. The molecule has 0 saturated carbocycles. The highest BCUT2D eigenvalue weighted by Crippen LogP contribution is 2.34. The Balaban J connectivity index is 0.000000887. The van der Waals surface area contributed by atoms with Crippen molar-refractivity contribution in [2.24, 2.45) is 11.1 Å². The van der Waals surface area contributed by atoms with Gasteiger partial charge >= 0.3 is 24.2 Å². The van der Waals surface area contributed by atoms with Crippen LogP contribution >= 0.6 is 0 Å². The summed E-state index contributed by atoms with van der Waals surface area (Å²) in [6.45, 7) is 9.26. The van der Waals surface area contributed by atoms with E-state index in [1.54, 1.807) is 11.8 Å². The number of halogens is 3. The number of carbonyl (C=O) groups excluding carboxylic acids is 2. The van der Waals surface area contributed by atoms with E-state index < -0.39 is 17.7 Å². The third-order valence-corrected chi connectivity index (χ3v) is 3.98. The van der Waals surface area contributed by atoms with E-state index in [-0.39, 0.29) is 17.5 Å². The maximum absolute atomic E-state index is 12.0. The minimum Gasteiger partial charge on any atom is -0.475 e. The first-order chi connectivity index (χ1) is 12.7. The molecule has 0 aliphatic carbocycles. The fourth-order valence-corrected chi connectivity index (χ4v) is 2.46. The number of carboxylic acids is 1. The number of nitrogens with zero attached hydrogens (tertiary/aromatic N) is 1. The van der Waals surface area contributed by atoms with Gasteiger partial charge in [-0.2, -0.15) is 13.2 Å². The van der Waals surface area contributed by atoms with Crippen molar-refractivity contribution in [2.75, 3.05) is 26.2 Å². The van der Waals surface area contributed by atoms with Gasteiger partial charge in [-0.3, -0.25) is 4.79 Å². The largest absolute Gasteiger partial charge is 0.490 e. The molecule has 0 aromatic heterocycles. The molecule has 164 valence electrons. The lowest BCUT2D eigenvalue weighted by Crippen LogP contribution is -2.48. The van der Waals surface area contributed by atoms with Gasteiger partial charge in [0.05, 0.1) is 13.0 Å². The predicted octanol–water partition coefficient (Wildman–Crippen LogP) is 2.55. The Labute approximate surface area is 162 Å². The van der Waals surface area contributed by atoms with Gasteiger partial charge in [0.15, 0.2) is 0 Å². The van der Waals surface area contributed by atoms with Crippen LogP contribution in [0.1, 0.15) is 47.0 Å². The molecule has 1 aliphatic rings. The van der Waals surface area contributed by atoms with Crippen LogP contribution in [-0.2, 0) is 19.1 Å². The van der Waals surface area contributed by atoms with E-state index in [1.165, 1.54) is 0 Å². The summed E-state index contributed by atoms with van der Waals surface area (Å²) in [5.41, 5.74) is 5.11. The van der Waals surface area contributed by atoms with Crippen LogP contribution in [0.5, 0.6) is 0 Å². The molecule has 0 bridgehead atoms. The van der Waals surface area contributed by atoms with Crippen LogP contribution in [0, 0.1) is 5.41 Å². The van der Waals surface area contributed by atoms with E-state index in [0.717, 1.165) is 0 Å². The molecule has 1 fully saturated rings. The van der Waals surface area contributed by atoms with E-state index in [1.807, 2.05) is 20.8 Å². The van der Waals surface area contributed by atoms with Gasteiger partial charge in [-0.15, -0.1) is 0 Å². The lowest BCUT2D eigenvalue weighted by atomic mass is 9.76. The van der Waals surface area contributed by atoms with Crippen LogP contribution in [0.25, 0.3) is 0 Å². The molecule has 28 heavy (non-hydrogen) atoms. The number of nitrogens with two attached hydrogens (primary N) is 1. The molecule has 0 unspecified atom stereocenters. The monoisotopic (exact) mass is 414 g/mol. The van der Waals surface area contributed by atoms with Gasteiger partial charge in [-0.25, -0.2) is 9.59 Å². The number of likely N-dealkylation sites (tertiary alicyclic amines) is 1. The molecule has 0 atom stereocenters. The van der Waals surface area contributed by atoms with Crippen LogP contribution in [0.2, 0.25) is 0 Å². The molecule has 0 radical (unpaired) electrons. The molecule has 0 aromatic carbocycles. The lowest BCUT2D eigenvalue weighted by molar-refractivity contribution is -0.192. The molecule has 1 amide bonds. The summed E-state index contributed by atoms with van der Waals surface area (Å²) in [6, 6.07) is 0. The first kappa shape index (κ1) is 26.0. The molecule has 1 heterocycles. The summed E-state index contributed by atoms with van der Waals surface area (Å²) in [5, 5.41) is 7.12. The van der Waals surface area contributed by atoms with Gasteiger partial charge in [-0.05, 0) is 52.5 Å². The molecular formula is C17H29F3N2O6. The van der Waals surface area contributed by atoms with Crippen molar-refractivity contribution >= 4 is 18.0 Å². The van der Waals surface area contributed by atoms with E-state index in [4.69, 9.17) is 25.1 Å². The van der Waals surface area contributed by atoms with Gasteiger partial charge < -0.3 is 25.2 Å². The van der Waals surface area contributed by atoms with Gasteiger partial charge in [0.25, 0.3) is 0 Å². The smallest absolute Gasteiger partial charge is 0.475 e. The quantitative estimate of drug-likeness (QED) is 0.679. The molecule has 1 aliphatic heterocycles.